The fraction of sp³-hybridized carbons (Fsp3) is 0.650. The van der Waals surface area contributed by atoms with Crippen molar-refractivity contribution in [2.24, 2.45) is 0 Å². The smallest absolute Gasteiger partial charge is 0.246 e. The molecule has 0 unspecified atom stereocenters. The number of unbranched alkanes of at least 4 members (excludes halogenated alkanes) is 7. The van der Waals surface area contributed by atoms with Gasteiger partial charge in [0.05, 0.1) is 27.6 Å². The molecule has 0 fully saturated rings. The molecule has 0 radical (unpaired) electrons. The Hall–Kier alpha value is -2.91. The molecule has 168 valence electrons. The molecule has 30 heavy (non-hydrogen) atoms. The summed E-state index contributed by atoms with van der Waals surface area (Å²) in [4.78, 5) is 42.0. The standard InChI is InChI=1S/C20H31N3O7/c1-2-3-4-5-6-8-11-18(21(25)26)13-15-20(23(29)30)16-14-19(22(27)28)12-9-7-10-17-24/h12-13,16-17H,2-11,14-15H2,1H3/b18-13+,19-12+,20-16+. The maximum absolute atomic E-state index is 11.2. The third-order valence-electron chi connectivity index (χ3n) is 4.49. The van der Waals surface area contributed by atoms with E-state index < -0.39 is 14.8 Å². The van der Waals surface area contributed by atoms with E-state index in [1.165, 1.54) is 12.2 Å². The van der Waals surface area contributed by atoms with Gasteiger partial charge in [-0.1, -0.05) is 39.0 Å². The Kier molecular flexibility index (Phi) is 15.3. The van der Waals surface area contributed by atoms with Gasteiger partial charge < -0.3 is 4.79 Å². The van der Waals surface area contributed by atoms with Crippen LogP contribution in [0.3, 0.4) is 0 Å². The first kappa shape index (κ1) is 27.1. The van der Waals surface area contributed by atoms with E-state index in [1.807, 2.05) is 0 Å². The van der Waals surface area contributed by atoms with Gasteiger partial charge in [0.1, 0.15) is 6.29 Å². The lowest BCUT2D eigenvalue weighted by molar-refractivity contribution is -0.434. The van der Waals surface area contributed by atoms with Crippen LogP contribution in [0.25, 0.3) is 0 Å². The van der Waals surface area contributed by atoms with E-state index in [9.17, 15) is 35.1 Å². The predicted octanol–water partition coefficient (Wildman–Crippen LogP) is 5.37. The summed E-state index contributed by atoms with van der Waals surface area (Å²) in [6.45, 7) is 2.10. The van der Waals surface area contributed by atoms with Gasteiger partial charge in [0.25, 0.3) is 0 Å². The molecule has 0 aromatic heterocycles. The number of carbonyl (C=O) groups excluding carboxylic acids is 1. The predicted molar refractivity (Wildman–Crippen MR) is 112 cm³/mol. The molecular weight excluding hydrogens is 394 g/mol. The number of carbonyl (C=O) groups is 1. The van der Waals surface area contributed by atoms with Gasteiger partial charge in [-0.05, 0) is 37.5 Å². The molecule has 0 aromatic carbocycles. The van der Waals surface area contributed by atoms with Crippen LogP contribution in [-0.2, 0) is 4.79 Å². The number of nitrogens with zero attached hydrogens (tertiary/aromatic N) is 3. The summed E-state index contributed by atoms with van der Waals surface area (Å²) < 4.78 is 0. The molecule has 0 N–H and O–H groups in total. The van der Waals surface area contributed by atoms with Crippen LogP contribution in [0, 0.1) is 30.3 Å². The van der Waals surface area contributed by atoms with Gasteiger partial charge in [-0.25, -0.2) is 0 Å². The fourth-order valence-corrected chi connectivity index (χ4v) is 2.73. The first-order valence-corrected chi connectivity index (χ1v) is 10.3. The molecule has 10 nitrogen and oxygen atoms in total. The van der Waals surface area contributed by atoms with Gasteiger partial charge in [-0.15, -0.1) is 0 Å². The van der Waals surface area contributed by atoms with Crippen LogP contribution in [-0.4, -0.2) is 21.1 Å². The Balaban J connectivity index is 4.98. The average Bonchev–Trinajstić information content (AvgIpc) is 2.69. The number of allylic oxidation sites excluding steroid dienone is 4. The van der Waals surface area contributed by atoms with Crippen LogP contribution in [0.2, 0.25) is 0 Å². The van der Waals surface area contributed by atoms with Crippen LogP contribution < -0.4 is 0 Å². The van der Waals surface area contributed by atoms with Crippen molar-refractivity contribution in [2.45, 2.75) is 84.0 Å². The van der Waals surface area contributed by atoms with E-state index in [4.69, 9.17) is 0 Å². The van der Waals surface area contributed by atoms with Crippen LogP contribution in [0.4, 0.5) is 0 Å². The molecule has 0 saturated carbocycles. The molecule has 0 heterocycles. The quantitative estimate of drug-likeness (QED) is 0.124. The highest BCUT2D eigenvalue weighted by Crippen LogP contribution is 2.17. The zero-order chi connectivity index (χ0) is 22.8. The second kappa shape index (κ2) is 17.0. The summed E-state index contributed by atoms with van der Waals surface area (Å²) in [5, 5.41) is 33.5. The van der Waals surface area contributed by atoms with Crippen LogP contribution in [0.15, 0.2) is 35.3 Å². The molecular formula is C20H31N3O7. The monoisotopic (exact) mass is 425 g/mol. The van der Waals surface area contributed by atoms with Gasteiger partial charge in [-0.3, -0.25) is 30.3 Å². The first-order valence-electron chi connectivity index (χ1n) is 10.3. The third-order valence-corrected chi connectivity index (χ3v) is 4.49. The Morgan fingerprint density at radius 2 is 1.17 bits per heavy atom. The van der Waals surface area contributed by atoms with E-state index in [1.54, 1.807) is 0 Å². The highest BCUT2D eigenvalue weighted by Gasteiger charge is 2.17. The second-order valence-corrected chi connectivity index (χ2v) is 6.88. The maximum atomic E-state index is 11.2. The Morgan fingerprint density at radius 3 is 1.70 bits per heavy atom. The van der Waals surface area contributed by atoms with Crippen LogP contribution >= 0.6 is 0 Å². The fourth-order valence-electron chi connectivity index (χ4n) is 2.73. The summed E-state index contributed by atoms with van der Waals surface area (Å²) in [6, 6.07) is 0. The SMILES string of the molecule is CCCCCCCC/C(=C\C/C(=C\C/C(=C\CCCC=O)[N+](=O)[O-])[N+](=O)[O-])[N+](=O)[O-]. The van der Waals surface area contributed by atoms with Crippen molar-refractivity contribution >= 4 is 6.29 Å². The topological polar surface area (TPSA) is 146 Å². The number of hydrogen-bond acceptors (Lipinski definition) is 7. The van der Waals surface area contributed by atoms with Crippen LogP contribution in [0.1, 0.15) is 84.0 Å². The molecule has 0 rings (SSSR count). The highest BCUT2D eigenvalue weighted by atomic mass is 16.6. The molecule has 0 bridgehead atoms. The molecule has 0 saturated heterocycles. The third kappa shape index (κ3) is 13.3. The van der Waals surface area contributed by atoms with Crippen molar-refractivity contribution in [1.29, 1.82) is 0 Å². The van der Waals surface area contributed by atoms with Crippen LogP contribution in [0.5, 0.6) is 0 Å². The lowest BCUT2D eigenvalue weighted by Crippen LogP contribution is -2.04. The Labute approximate surface area is 176 Å². The number of aldehydes is 1. The first-order chi connectivity index (χ1) is 14.3. The normalized spacial score (nSPS) is 12.6. The van der Waals surface area contributed by atoms with Crippen molar-refractivity contribution in [3.8, 4) is 0 Å². The average molecular weight is 425 g/mol. The molecule has 0 aromatic rings. The lowest BCUT2D eigenvalue weighted by atomic mass is 10.1. The zero-order valence-electron chi connectivity index (χ0n) is 17.5. The molecule has 0 aliphatic heterocycles. The van der Waals surface area contributed by atoms with Gasteiger partial charge >= 0.3 is 0 Å². The Morgan fingerprint density at radius 1 is 0.667 bits per heavy atom. The summed E-state index contributed by atoms with van der Waals surface area (Å²) in [5.74, 6) is 0. The minimum Gasteiger partial charge on any atom is -0.303 e. The van der Waals surface area contributed by atoms with Gasteiger partial charge in [0, 0.05) is 12.8 Å². The van der Waals surface area contributed by atoms with E-state index in [2.05, 4.69) is 6.92 Å². The van der Waals surface area contributed by atoms with E-state index in [0.29, 0.717) is 19.3 Å². The van der Waals surface area contributed by atoms with Crippen molar-refractivity contribution < 1.29 is 19.6 Å². The maximum Gasteiger partial charge on any atom is 0.246 e. The number of nitro groups is 3. The van der Waals surface area contributed by atoms with Crippen molar-refractivity contribution in [1.82, 2.24) is 0 Å². The van der Waals surface area contributed by atoms with Crippen molar-refractivity contribution in [3.63, 3.8) is 0 Å². The van der Waals surface area contributed by atoms with E-state index >= 15 is 0 Å². The highest BCUT2D eigenvalue weighted by molar-refractivity contribution is 5.49. The van der Waals surface area contributed by atoms with Gasteiger partial charge in [-0.2, -0.15) is 0 Å². The summed E-state index contributed by atoms with van der Waals surface area (Å²) in [7, 11) is 0. The van der Waals surface area contributed by atoms with E-state index in [-0.39, 0.29) is 42.8 Å². The number of rotatable bonds is 18. The lowest BCUT2D eigenvalue weighted by Gasteiger charge is -2.01. The minimum absolute atomic E-state index is 0.0721. The van der Waals surface area contributed by atoms with Gasteiger partial charge in [0.2, 0.25) is 17.1 Å². The molecule has 0 aliphatic carbocycles. The van der Waals surface area contributed by atoms with Crippen molar-refractivity contribution in [3.05, 3.63) is 65.7 Å². The molecule has 10 heteroatoms. The zero-order valence-corrected chi connectivity index (χ0v) is 17.5. The second-order valence-electron chi connectivity index (χ2n) is 6.88. The summed E-state index contributed by atoms with van der Waals surface area (Å²) in [5.41, 5.74) is -0.596. The molecule has 0 spiro atoms. The minimum atomic E-state index is -0.678. The number of hydrogen-bond donors (Lipinski definition) is 0. The largest absolute Gasteiger partial charge is 0.303 e. The summed E-state index contributed by atoms with van der Waals surface area (Å²) >= 11 is 0. The Bertz CT molecular complexity index is 669. The molecule has 0 atom stereocenters. The summed E-state index contributed by atoms with van der Waals surface area (Å²) in [6.07, 6.45) is 11.0. The van der Waals surface area contributed by atoms with Crippen molar-refractivity contribution in [2.75, 3.05) is 0 Å². The van der Waals surface area contributed by atoms with E-state index in [0.717, 1.165) is 44.5 Å². The molecule has 0 amide bonds. The van der Waals surface area contributed by atoms with Gasteiger partial charge in [0.15, 0.2) is 0 Å². The molecule has 0 aliphatic rings.